The summed E-state index contributed by atoms with van der Waals surface area (Å²) in [5.74, 6) is -0.383. The number of nitrogens with zero attached hydrogens (tertiary/aromatic N) is 1. The van der Waals surface area contributed by atoms with E-state index in [1.165, 1.54) is 4.74 Å². The van der Waals surface area contributed by atoms with Crippen molar-refractivity contribution in [2.75, 3.05) is 5.32 Å². The molecule has 3 aromatic rings. The summed E-state index contributed by atoms with van der Waals surface area (Å²) in [6, 6.07) is 16.5. The van der Waals surface area contributed by atoms with Crippen molar-refractivity contribution < 1.29 is 9.32 Å². The third-order valence-corrected chi connectivity index (χ3v) is 3.65. The first-order valence-electron chi connectivity index (χ1n) is 7.20. The molecular formula is C18H16N2O3. The van der Waals surface area contributed by atoms with Crippen LogP contribution in [-0.4, -0.2) is 10.6 Å². The van der Waals surface area contributed by atoms with Crippen molar-refractivity contribution in [1.82, 2.24) is 4.74 Å². The van der Waals surface area contributed by atoms with Crippen LogP contribution in [0.25, 0.3) is 11.1 Å². The predicted molar refractivity (Wildman–Crippen MR) is 88.5 cm³/mol. The van der Waals surface area contributed by atoms with Crippen LogP contribution in [0.4, 0.5) is 5.69 Å². The zero-order valence-corrected chi connectivity index (χ0v) is 12.9. The number of amides is 1. The van der Waals surface area contributed by atoms with Gasteiger partial charge in [0.1, 0.15) is 5.56 Å². The average molecular weight is 308 g/mol. The zero-order valence-electron chi connectivity index (χ0n) is 12.9. The van der Waals surface area contributed by atoms with Crippen LogP contribution in [0.1, 0.15) is 16.1 Å². The van der Waals surface area contributed by atoms with E-state index in [0.717, 1.165) is 5.56 Å². The highest BCUT2D eigenvalue weighted by Crippen LogP contribution is 2.22. The molecule has 0 radical (unpaired) electrons. The Labute approximate surface area is 133 Å². The SMILES string of the molecule is Cc1ccccc1NC(=O)c1c(-c2ccccc2)c(=O)on1C. The molecule has 0 bridgehead atoms. The number of benzene rings is 2. The van der Waals surface area contributed by atoms with E-state index in [2.05, 4.69) is 5.32 Å². The van der Waals surface area contributed by atoms with E-state index in [1.54, 1.807) is 19.2 Å². The van der Waals surface area contributed by atoms with Crippen molar-refractivity contribution in [3.63, 3.8) is 0 Å². The van der Waals surface area contributed by atoms with Crippen molar-refractivity contribution in [3.8, 4) is 11.1 Å². The van der Waals surface area contributed by atoms with Crippen LogP contribution >= 0.6 is 0 Å². The lowest BCUT2D eigenvalue weighted by Crippen LogP contribution is -2.17. The number of hydrogen-bond donors (Lipinski definition) is 1. The largest absolute Gasteiger partial charge is 0.366 e. The molecule has 0 saturated heterocycles. The van der Waals surface area contributed by atoms with Gasteiger partial charge in [-0.05, 0) is 24.1 Å². The minimum Gasteiger partial charge on any atom is -0.335 e. The Morgan fingerprint density at radius 1 is 1.04 bits per heavy atom. The third kappa shape index (κ3) is 2.81. The quantitative estimate of drug-likeness (QED) is 0.808. The van der Waals surface area contributed by atoms with Gasteiger partial charge in [0.2, 0.25) is 0 Å². The molecule has 5 heteroatoms. The lowest BCUT2D eigenvalue weighted by Gasteiger charge is -2.09. The first-order chi connectivity index (χ1) is 11.1. The molecule has 0 atom stereocenters. The van der Waals surface area contributed by atoms with Crippen molar-refractivity contribution >= 4 is 11.6 Å². The molecule has 0 unspecified atom stereocenters. The second-order valence-electron chi connectivity index (χ2n) is 5.23. The first-order valence-corrected chi connectivity index (χ1v) is 7.20. The molecule has 1 amide bonds. The topological polar surface area (TPSA) is 64.2 Å². The summed E-state index contributed by atoms with van der Waals surface area (Å²) in [4.78, 5) is 24.8. The molecule has 3 rings (SSSR count). The number of carbonyl (C=O) groups is 1. The Morgan fingerprint density at radius 2 is 1.70 bits per heavy atom. The Morgan fingerprint density at radius 3 is 2.39 bits per heavy atom. The van der Waals surface area contributed by atoms with Crippen molar-refractivity contribution in [2.45, 2.75) is 6.92 Å². The molecule has 0 fully saturated rings. The fraction of sp³-hybridized carbons (Fsp3) is 0.111. The number of carbonyl (C=O) groups excluding carboxylic acids is 1. The third-order valence-electron chi connectivity index (χ3n) is 3.65. The van der Waals surface area contributed by atoms with Gasteiger partial charge in [-0.3, -0.25) is 4.79 Å². The number of nitrogens with one attached hydrogen (secondary N) is 1. The minimum atomic E-state index is -0.534. The van der Waals surface area contributed by atoms with E-state index >= 15 is 0 Å². The molecular weight excluding hydrogens is 292 g/mol. The molecule has 1 aromatic heterocycles. The summed E-state index contributed by atoms with van der Waals surface area (Å²) in [5.41, 5.74) is 2.22. The smallest absolute Gasteiger partial charge is 0.335 e. The lowest BCUT2D eigenvalue weighted by molar-refractivity contribution is 0.100. The van der Waals surface area contributed by atoms with E-state index in [-0.39, 0.29) is 17.2 Å². The van der Waals surface area contributed by atoms with Gasteiger partial charge in [-0.15, -0.1) is 0 Å². The summed E-state index contributed by atoms with van der Waals surface area (Å²) in [6.07, 6.45) is 0. The number of aromatic nitrogens is 1. The maximum atomic E-state index is 12.7. The van der Waals surface area contributed by atoms with E-state index in [9.17, 15) is 9.59 Å². The van der Waals surface area contributed by atoms with Crippen LogP contribution in [-0.2, 0) is 7.05 Å². The summed E-state index contributed by atoms with van der Waals surface area (Å²) < 4.78 is 6.30. The van der Waals surface area contributed by atoms with Gasteiger partial charge in [-0.2, -0.15) is 0 Å². The van der Waals surface area contributed by atoms with Gasteiger partial charge in [0.05, 0.1) is 0 Å². The van der Waals surface area contributed by atoms with Gasteiger partial charge in [-0.25, -0.2) is 9.53 Å². The van der Waals surface area contributed by atoms with Crippen LogP contribution in [0, 0.1) is 6.92 Å². The van der Waals surface area contributed by atoms with Gasteiger partial charge < -0.3 is 9.84 Å². The number of aryl methyl sites for hydroxylation is 2. The fourth-order valence-electron chi connectivity index (χ4n) is 2.48. The summed E-state index contributed by atoms with van der Waals surface area (Å²) >= 11 is 0. The summed E-state index contributed by atoms with van der Waals surface area (Å²) in [7, 11) is 1.54. The first kappa shape index (κ1) is 14.8. The molecule has 1 heterocycles. The van der Waals surface area contributed by atoms with Crippen LogP contribution in [0.3, 0.4) is 0 Å². The molecule has 5 nitrogen and oxygen atoms in total. The van der Waals surface area contributed by atoms with Crippen LogP contribution in [0.5, 0.6) is 0 Å². The Kier molecular flexibility index (Phi) is 3.85. The van der Waals surface area contributed by atoms with Gasteiger partial charge in [0.15, 0.2) is 5.69 Å². The molecule has 1 N–H and O–H groups in total. The maximum absolute atomic E-state index is 12.7. The number of hydrogen-bond acceptors (Lipinski definition) is 3. The monoisotopic (exact) mass is 308 g/mol. The summed E-state index contributed by atoms with van der Waals surface area (Å²) in [5, 5.41) is 2.83. The highest BCUT2D eigenvalue weighted by atomic mass is 16.5. The van der Waals surface area contributed by atoms with Crippen molar-refractivity contribution in [2.24, 2.45) is 7.05 Å². The number of rotatable bonds is 3. The number of anilines is 1. The van der Waals surface area contributed by atoms with Crippen LogP contribution in [0.2, 0.25) is 0 Å². The predicted octanol–water partition coefficient (Wildman–Crippen LogP) is 3.21. The van der Waals surface area contributed by atoms with E-state index in [1.807, 2.05) is 49.4 Å². The molecule has 116 valence electrons. The van der Waals surface area contributed by atoms with Crippen LogP contribution in [0.15, 0.2) is 63.9 Å². The molecule has 23 heavy (non-hydrogen) atoms. The zero-order chi connectivity index (χ0) is 16.4. The molecule has 2 aromatic carbocycles. The van der Waals surface area contributed by atoms with Gasteiger partial charge in [-0.1, -0.05) is 48.5 Å². The highest BCUT2D eigenvalue weighted by Gasteiger charge is 2.23. The fourth-order valence-corrected chi connectivity index (χ4v) is 2.48. The highest BCUT2D eigenvalue weighted by molar-refractivity contribution is 6.07. The maximum Gasteiger partial charge on any atom is 0.366 e. The number of para-hydroxylation sites is 1. The molecule has 0 spiro atoms. The summed E-state index contributed by atoms with van der Waals surface area (Å²) in [6.45, 7) is 1.90. The lowest BCUT2D eigenvalue weighted by atomic mass is 10.1. The Bertz CT molecular complexity index is 908. The second-order valence-corrected chi connectivity index (χ2v) is 5.23. The van der Waals surface area contributed by atoms with Gasteiger partial charge in [0.25, 0.3) is 5.91 Å². The molecule has 0 aliphatic rings. The molecule has 0 aliphatic carbocycles. The van der Waals surface area contributed by atoms with E-state index < -0.39 is 5.63 Å². The van der Waals surface area contributed by atoms with Crippen molar-refractivity contribution in [3.05, 3.63) is 76.3 Å². The average Bonchev–Trinajstić information content (AvgIpc) is 2.85. The Balaban J connectivity index is 2.05. The minimum absolute atomic E-state index is 0.199. The van der Waals surface area contributed by atoms with Gasteiger partial charge in [0, 0.05) is 12.7 Å². The molecule has 0 aliphatic heterocycles. The normalized spacial score (nSPS) is 10.5. The standard InChI is InChI=1S/C18H16N2O3/c1-12-8-6-7-11-14(12)19-17(21)16-15(18(22)23-20(16)2)13-9-4-3-5-10-13/h3-11H,1-2H3,(H,19,21). The van der Waals surface area contributed by atoms with Crippen LogP contribution < -0.4 is 10.9 Å². The van der Waals surface area contributed by atoms with Crippen molar-refractivity contribution in [1.29, 1.82) is 0 Å². The van der Waals surface area contributed by atoms with E-state index in [0.29, 0.717) is 11.3 Å². The Hall–Kier alpha value is -3.08. The molecule has 0 saturated carbocycles. The van der Waals surface area contributed by atoms with Gasteiger partial charge >= 0.3 is 5.63 Å². The van der Waals surface area contributed by atoms with E-state index in [4.69, 9.17) is 4.52 Å². The second kappa shape index (κ2) is 5.96.